The van der Waals surface area contributed by atoms with Gasteiger partial charge < -0.3 is 15.2 Å². The van der Waals surface area contributed by atoms with E-state index in [1.54, 1.807) is 43.3 Å². The summed E-state index contributed by atoms with van der Waals surface area (Å²) in [6.07, 6.45) is 1.48. The molecule has 1 amide bonds. The first kappa shape index (κ1) is 23.1. The van der Waals surface area contributed by atoms with Crippen molar-refractivity contribution < 1.29 is 14.3 Å². The summed E-state index contributed by atoms with van der Waals surface area (Å²) in [7, 11) is 1.51. The number of rotatable bonds is 7. The van der Waals surface area contributed by atoms with Gasteiger partial charge >= 0.3 is 0 Å². The number of aromatic nitrogens is 4. The zero-order valence-corrected chi connectivity index (χ0v) is 19.6. The van der Waals surface area contributed by atoms with Crippen LogP contribution in [-0.4, -0.2) is 33.2 Å². The molecule has 3 heterocycles. The number of benzene rings is 1. The second-order valence-corrected chi connectivity index (χ2v) is 8.53. The molecule has 0 unspecified atom stereocenters. The molecule has 4 rings (SSSR count). The monoisotopic (exact) mass is 492 g/mol. The van der Waals surface area contributed by atoms with Gasteiger partial charge in [-0.25, -0.2) is 9.97 Å². The van der Waals surface area contributed by atoms with Gasteiger partial charge in [-0.1, -0.05) is 22.9 Å². The highest BCUT2D eigenvalue weighted by atomic mass is 35.5. The minimum Gasteiger partial charge on any atom is -0.496 e. The maximum atomic E-state index is 12.6. The summed E-state index contributed by atoms with van der Waals surface area (Å²) in [5, 5.41) is 19.2. The van der Waals surface area contributed by atoms with Crippen LogP contribution in [0.5, 0.6) is 11.6 Å². The molecule has 0 radical (unpaired) electrons. The minimum absolute atomic E-state index is 0.120. The predicted octanol–water partition coefficient (Wildman–Crippen LogP) is 4.18. The molecule has 1 aromatic carbocycles. The van der Waals surface area contributed by atoms with E-state index in [2.05, 4.69) is 26.2 Å². The Bertz CT molecular complexity index is 1420. The van der Waals surface area contributed by atoms with E-state index < -0.39 is 5.91 Å². The Hall–Kier alpha value is -4.07. The third kappa shape index (κ3) is 4.80. The molecular weight excluding hydrogens is 476 g/mol. The average Bonchev–Trinajstić information content (AvgIpc) is 3.31. The van der Waals surface area contributed by atoms with Crippen LogP contribution in [-0.2, 0) is 6.61 Å². The van der Waals surface area contributed by atoms with Gasteiger partial charge in [0.2, 0.25) is 5.88 Å². The van der Waals surface area contributed by atoms with Gasteiger partial charge in [-0.05, 0) is 37.3 Å². The van der Waals surface area contributed by atoms with Crippen LogP contribution in [0.3, 0.4) is 0 Å². The van der Waals surface area contributed by atoms with Gasteiger partial charge in [0.25, 0.3) is 5.91 Å². The molecule has 0 atom stereocenters. The Morgan fingerprint density at radius 3 is 2.71 bits per heavy atom. The number of primary amides is 1. The number of hydrogen-bond acceptors (Lipinski definition) is 9. The summed E-state index contributed by atoms with van der Waals surface area (Å²) in [4.78, 5) is 21.2. The van der Waals surface area contributed by atoms with Crippen molar-refractivity contribution in [2.75, 3.05) is 7.11 Å². The largest absolute Gasteiger partial charge is 0.496 e. The molecule has 11 heteroatoms. The van der Waals surface area contributed by atoms with Crippen molar-refractivity contribution in [3.63, 3.8) is 0 Å². The lowest BCUT2D eigenvalue weighted by atomic mass is 9.95. The summed E-state index contributed by atoms with van der Waals surface area (Å²) in [5.41, 5.74) is 8.30. The van der Waals surface area contributed by atoms with E-state index in [0.29, 0.717) is 54.7 Å². The standard InChI is InChI=1S/C23H17ClN6O3S/c1-12-7-16(15-8-13(9-25)3-5-17(15)32-2)20(22(26)31)21(28-12)23-30-29-19(34-23)11-33-18-6-4-14(24)10-27-18/h3-8,10H,11H2,1-2H3,(H2,26,31). The van der Waals surface area contributed by atoms with Crippen LogP contribution in [0.4, 0.5) is 0 Å². The lowest BCUT2D eigenvalue weighted by Crippen LogP contribution is -2.16. The maximum absolute atomic E-state index is 12.6. The molecule has 0 saturated heterocycles. The van der Waals surface area contributed by atoms with E-state index in [9.17, 15) is 10.1 Å². The molecule has 0 spiro atoms. The van der Waals surface area contributed by atoms with Crippen molar-refractivity contribution >= 4 is 28.8 Å². The number of amides is 1. The number of nitriles is 1. The number of ether oxygens (including phenoxy) is 2. The van der Waals surface area contributed by atoms with E-state index in [1.807, 2.05) is 0 Å². The molecule has 2 N–H and O–H groups in total. The first-order chi connectivity index (χ1) is 16.4. The second-order valence-electron chi connectivity index (χ2n) is 7.03. The Morgan fingerprint density at radius 1 is 1.21 bits per heavy atom. The molecule has 0 aliphatic carbocycles. The van der Waals surface area contributed by atoms with Gasteiger partial charge in [-0.15, -0.1) is 10.2 Å². The van der Waals surface area contributed by atoms with Crippen molar-refractivity contribution in [1.29, 1.82) is 5.26 Å². The summed E-state index contributed by atoms with van der Waals surface area (Å²) < 4.78 is 11.1. The predicted molar refractivity (Wildman–Crippen MR) is 127 cm³/mol. The van der Waals surface area contributed by atoms with Crippen molar-refractivity contribution in [3.05, 3.63) is 69.4 Å². The first-order valence-electron chi connectivity index (χ1n) is 9.86. The number of aryl methyl sites for hydroxylation is 1. The third-order valence-electron chi connectivity index (χ3n) is 4.73. The molecule has 170 valence electrons. The Labute approximate surface area is 203 Å². The average molecular weight is 493 g/mol. The number of nitrogens with two attached hydrogens (primary N) is 1. The summed E-state index contributed by atoms with van der Waals surface area (Å²) in [6, 6.07) is 12.1. The normalized spacial score (nSPS) is 10.5. The lowest BCUT2D eigenvalue weighted by molar-refractivity contribution is 0.100. The summed E-state index contributed by atoms with van der Waals surface area (Å²) in [5.74, 6) is 0.180. The fraction of sp³-hybridized carbons (Fsp3) is 0.130. The van der Waals surface area contributed by atoms with Crippen molar-refractivity contribution in [2.45, 2.75) is 13.5 Å². The fourth-order valence-corrected chi connectivity index (χ4v) is 4.13. The number of nitrogens with zero attached hydrogens (tertiary/aromatic N) is 5. The van der Waals surface area contributed by atoms with E-state index in [4.69, 9.17) is 26.8 Å². The zero-order chi connectivity index (χ0) is 24.2. The van der Waals surface area contributed by atoms with Crippen LogP contribution in [0, 0.1) is 18.3 Å². The third-order valence-corrected chi connectivity index (χ3v) is 5.85. The molecule has 4 aromatic rings. The van der Waals surface area contributed by atoms with Crippen LogP contribution in [0.15, 0.2) is 42.6 Å². The van der Waals surface area contributed by atoms with E-state index in [0.717, 1.165) is 0 Å². The zero-order valence-electron chi connectivity index (χ0n) is 18.1. The van der Waals surface area contributed by atoms with Crippen molar-refractivity contribution in [2.24, 2.45) is 5.73 Å². The van der Waals surface area contributed by atoms with Gasteiger partial charge in [-0.2, -0.15) is 5.26 Å². The van der Waals surface area contributed by atoms with Gasteiger partial charge in [0.1, 0.15) is 18.1 Å². The molecule has 0 fully saturated rings. The number of carbonyl (C=O) groups excluding carboxylic acids is 1. The quantitative estimate of drug-likeness (QED) is 0.405. The molecule has 0 aliphatic heterocycles. The van der Waals surface area contributed by atoms with Gasteiger partial charge in [0.15, 0.2) is 10.0 Å². The first-order valence-corrected chi connectivity index (χ1v) is 11.1. The molecule has 0 bridgehead atoms. The molecule has 9 nitrogen and oxygen atoms in total. The van der Waals surface area contributed by atoms with Crippen molar-refractivity contribution in [3.8, 4) is 39.5 Å². The topological polar surface area (TPSA) is 137 Å². The molecular formula is C23H17ClN6O3S. The Morgan fingerprint density at radius 2 is 2.03 bits per heavy atom. The van der Waals surface area contributed by atoms with Gasteiger partial charge in [0.05, 0.1) is 29.3 Å². The van der Waals surface area contributed by atoms with E-state index in [1.165, 1.54) is 24.6 Å². The highest BCUT2D eigenvalue weighted by molar-refractivity contribution is 7.14. The van der Waals surface area contributed by atoms with Crippen LogP contribution < -0.4 is 15.2 Å². The van der Waals surface area contributed by atoms with Crippen LogP contribution in [0.25, 0.3) is 21.8 Å². The molecule has 34 heavy (non-hydrogen) atoms. The van der Waals surface area contributed by atoms with Crippen LogP contribution in [0.2, 0.25) is 5.02 Å². The smallest absolute Gasteiger partial charge is 0.251 e. The van der Waals surface area contributed by atoms with E-state index >= 15 is 0 Å². The highest BCUT2D eigenvalue weighted by Crippen LogP contribution is 2.38. The SMILES string of the molecule is COc1ccc(C#N)cc1-c1cc(C)nc(-c2nnc(COc3ccc(Cl)cn3)s2)c1C(N)=O. The summed E-state index contributed by atoms with van der Waals surface area (Å²) >= 11 is 7.05. The molecule has 0 saturated carbocycles. The van der Waals surface area contributed by atoms with E-state index in [-0.39, 0.29) is 12.2 Å². The van der Waals surface area contributed by atoms with Crippen LogP contribution >= 0.6 is 22.9 Å². The van der Waals surface area contributed by atoms with Crippen LogP contribution in [0.1, 0.15) is 26.6 Å². The van der Waals surface area contributed by atoms with Gasteiger partial charge in [0, 0.05) is 29.1 Å². The highest BCUT2D eigenvalue weighted by Gasteiger charge is 2.24. The lowest BCUT2D eigenvalue weighted by Gasteiger charge is -2.15. The maximum Gasteiger partial charge on any atom is 0.251 e. The molecule has 0 aliphatic rings. The number of halogens is 1. The summed E-state index contributed by atoms with van der Waals surface area (Å²) in [6.45, 7) is 1.91. The number of methoxy groups -OCH3 is 1. The number of hydrogen-bond donors (Lipinski definition) is 1. The Balaban J connectivity index is 1.76. The minimum atomic E-state index is -0.694. The van der Waals surface area contributed by atoms with Gasteiger partial charge in [-0.3, -0.25) is 4.79 Å². The fourth-order valence-electron chi connectivity index (χ4n) is 3.27. The number of carbonyl (C=O) groups is 1. The van der Waals surface area contributed by atoms with Crippen molar-refractivity contribution in [1.82, 2.24) is 20.2 Å². The molecule has 3 aromatic heterocycles. The Kier molecular flexibility index (Phi) is 6.67. The second kappa shape index (κ2) is 9.82. The number of pyridine rings is 2.